The number of aliphatic hydroxyl groups is 1. The number of benzene rings is 2. The molecule has 1 unspecified atom stereocenters. The third kappa shape index (κ3) is 5.02. The van der Waals surface area contributed by atoms with Gasteiger partial charge < -0.3 is 9.84 Å². The van der Waals surface area contributed by atoms with Crippen LogP contribution >= 0.6 is 0 Å². The van der Waals surface area contributed by atoms with Crippen LogP contribution in [0.2, 0.25) is 0 Å². The van der Waals surface area contributed by atoms with Crippen molar-refractivity contribution in [1.29, 1.82) is 0 Å². The molecule has 0 aromatic heterocycles. The predicted octanol–water partition coefficient (Wildman–Crippen LogP) is 3.74. The van der Waals surface area contributed by atoms with Gasteiger partial charge in [-0.15, -0.1) is 0 Å². The minimum absolute atomic E-state index is 0.347. The van der Waals surface area contributed by atoms with Gasteiger partial charge in [0.05, 0.1) is 13.2 Å². The molecule has 18 heavy (non-hydrogen) atoms. The minimum Gasteiger partial charge on any atom is -0.497 e. The monoisotopic (exact) mass is 244 g/mol. The van der Waals surface area contributed by atoms with E-state index in [0.29, 0.717) is 0 Å². The Hall–Kier alpha value is -1.80. The molecule has 0 aliphatic rings. The van der Waals surface area contributed by atoms with Crippen LogP contribution in [0.3, 0.4) is 0 Å². The normalized spacial score (nSPS) is 11.1. The molecule has 0 bridgehead atoms. The molecule has 0 fully saturated rings. The summed E-state index contributed by atoms with van der Waals surface area (Å²) in [6.07, 6.45) is -0.347. The molecule has 1 atom stereocenters. The summed E-state index contributed by atoms with van der Waals surface area (Å²) in [4.78, 5) is 0. The number of rotatable bonds is 2. The quantitative estimate of drug-likeness (QED) is 0.872. The van der Waals surface area contributed by atoms with E-state index in [1.165, 1.54) is 5.56 Å². The van der Waals surface area contributed by atoms with Crippen LogP contribution in [0.1, 0.15) is 24.2 Å². The average molecular weight is 244 g/mol. The Bertz CT molecular complexity index is 432. The van der Waals surface area contributed by atoms with Crippen molar-refractivity contribution < 1.29 is 9.84 Å². The maximum Gasteiger partial charge on any atom is 0.118 e. The summed E-state index contributed by atoms with van der Waals surface area (Å²) in [6, 6.07) is 17.6. The van der Waals surface area contributed by atoms with Crippen molar-refractivity contribution in [2.24, 2.45) is 0 Å². The van der Waals surface area contributed by atoms with Gasteiger partial charge in [-0.05, 0) is 31.5 Å². The van der Waals surface area contributed by atoms with Gasteiger partial charge >= 0.3 is 0 Å². The smallest absolute Gasteiger partial charge is 0.118 e. The second-order valence-electron chi connectivity index (χ2n) is 4.10. The van der Waals surface area contributed by atoms with Crippen molar-refractivity contribution in [3.63, 3.8) is 0 Å². The van der Waals surface area contributed by atoms with Crippen LogP contribution in [0.5, 0.6) is 5.75 Å². The Morgan fingerprint density at radius 1 is 0.944 bits per heavy atom. The van der Waals surface area contributed by atoms with E-state index < -0.39 is 0 Å². The first kappa shape index (κ1) is 14.3. The number of aryl methyl sites for hydroxylation is 1. The predicted molar refractivity (Wildman–Crippen MR) is 74.8 cm³/mol. The largest absolute Gasteiger partial charge is 0.497 e. The van der Waals surface area contributed by atoms with Crippen LogP contribution in [0.4, 0.5) is 0 Å². The lowest BCUT2D eigenvalue weighted by Gasteiger charge is -2.02. The lowest BCUT2D eigenvalue weighted by atomic mass is 10.1. The Morgan fingerprint density at radius 2 is 1.50 bits per heavy atom. The van der Waals surface area contributed by atoms with Gasteiger partial charge in [-0.25, -0.2) is 0 Å². The maximum absolute atomic E-state index is 9.11. The van der Waals surface area contributed by atoms with Gasteiger partial charge in [-0.2, -0.15) is 0 Å². The van der Waals surface area contributed by atoms with Crippen LogP contribution in [0, 0.1) is 6.92 Å². The van der Waals surface area contributed by atoms with Gasteiger partial charge in [0.2, 0.25) is 0 Å². The van der Waals surface area contributed by atoms with Crippen molar-refractivity contribution >= 4 is 0 Å². The summed E-state index contributed by atoms with van der Waals surface area (Å²) in [5.74, 6) is 0.910. The van der Waals surface area contributed by atoms with Gasteiger partial charge in [-0.3, -0.25) is 0 Å². The zero-order valence-corrected chi connectivity index (χ0v) is 11.1. The van der Waals surface area contributed by atoms with Crippen molar-refractivity contribution in [2.75, 3.05) is 7.11 Å². The molecule has 0 amide bonds. The van der Waals surface area contributed by atoms with Gasteiger partial charge in [0, 0.05) is 0 Å². The van der Waals surface area contributed by atoms with Crippen molar-refractivity contribution in [3.8, 4) is 5.75 Å². The Labute approximate surface area is 109 Å². The highest BCUT2D eigenvalue weighted by Crippen LogP contribution is 2.11. The minimum atomic E-state index is -0.347. The summed E-state index contributed by atoms with van der Waals surface area (Å²) < 4.78 is 4.91. The van der Waals surface area contributed by atoms with E-state index in [9.17, 15) is 0 Å². The fraction of sp³-hybridized carbons (Fsp3) is 0.250. The summed E-state index contributed by atoms with van der Waals surface area (Å²) in [5, 5.41) is 9.11. The zero-order chi connectivity index (χ0) is 13.4. The lowest BCUT2D eigenvalue weighted by molar-refractivity contribution is 0.199. The number of methoxy groups -OCH3 is 1. The Kier molecular flexibility index (Phi) is 5.95. The van der Waals surface area contributed by atoms with E-state index in [-0.39, 0.29) is 6.10 Å². The van der Waals surface area contributed by atoms with Crippen molar-refractivity contribution in [3.05, 3.63) is 65.7 Å². The van der Waals surface area contributed by atoms with Crippen molar-refractivity contribution in [1.82, 2.24) is 0 Å². The molecule has 2 aromatic rings. The number of hydrogen-bond donors (Lipinski definition) is 1. The van der Waals surface area contributed by atoms with E-state index in [0.717, 1.165) is 11.3 Å². The first-order valence-corrected chi connectivity index (χ1v) is 5.97. The molecular formula is C16H20O2. The van der Waals surface area contributed by atoms with Crippen LogP contribution < -0.4 is 4.74 Å². The Morgan fingerprint density at radius 3 is 1.89 bits per heavy atom. The summed E-state index contributed by atoms with van der Waals surface area (Å²) in [5.41, 5.74) is 2.20. The molecule has 1 N–H and O–H groups in total. The fourth-order valence-electron chi connectivity index (χ4n) is 1.40. The molecule has 96 valence electrons. The topological polar surface area (TPSA) is 29.5 Å². The van der Waals surface area contributed by atoms with Crippen LogP contribution in [0.15, 0.2) is 54.6 Å². The molecule has 0 heterocycles. The van der Waals surface area contributed by atoms with E-state index in [2.05, 4.69) is 0 Å². The second kappa shape index (κ2) is 7.51. The highest BCUT2D eigenvalue weighted by atomic mass is 16.5. The van der Waals surface area contributed by atoms with Crippen LogP contribution in [-0.4, -0.2) is 12.2 Å². The highest BCUT2D eigenvalue weighted by Gasteiger charge is 1.97. The Balaban J connectivity index is 0.000000184. The molecule has 0 saturated carbocycles. The average Bonchev–Trinajstić information content (AvgIpc) is 2.41. The second-order valence-corrected chi connectivity index (χ2v) is 4.10. The first-order chi connectivity index (χ1) is 8.63. The highest BCUT2D eigenvalue weighted by molar-refractivity contribution is 5.22. The molecule has 0 radical (unpaired) electrons. The summed E-state index contributed by atoms with van der Waals surface area (Å²) >= 11 is 0. The number of aliphatic hydroxyl groups excluding tert-OH is 1. The van der Waals surface area contributed by atoms with Gasteiger partial charge in [0.1, 0.15) is 5.75 Å². The van der Waals surface area contributed by atoms with Crippen molar-refractivity contribution in [2.45, 2.75) is 20.0 Å². The molecule has 2 nitrogen and oxygen atoms in total. The third-order valence-electron chi connectivity index (χ3n) is 2.54. The molecule has 0 aliphatic carbocycles. The van der Waals surface area contributed by atoms with Crippen LogP contribution in [0.25, 0.3) is 0 Å². The molecule has 0 aliphatic heterocycles. The number of ether oxygens (including phenoxy) is 1. The van der Waals surface area contributed by atoms with E-state index >= 15 is 0 Å². The molecule has 2 heteroatoms. The molecular weight excluding hydrogens is 224 g/mol. The maximum atomic E-state index is 9.11. The number of hydrogen-bond acceptors (Lipinski definition) is 2. The molecule has 2 aromatic carbocycles. The third-order valence-corrected chi connectivity index (χ3v) is 2.54. The summed E-state index contributed by atoms with van der Waals surface area (Å²) in [7, 11) is 1.66. The van der Waals surface area contributed by atoms with E-state index in [1.807, 2.05) is 61.5 Å². The SMILES string of the molecule is COc1ccccc1.Cc1ccc(C(C)O)cc1. The lowest BCUT2D eigenvalue weighted by Crippen LogP contribution is -1.89. The van der Waals surface area contributed by atoms with E-state index in [4.69, 9.17) is 9.84 Å². The molecule has 2 rings (SSSR count). The van der Waals surface area contributed by atoms with Gasteiger partial charge in [0.15, 0.2) is 0 Å². The first-order valence-electron chi connectivity index (χ1n) is 5.97. The van der Waals surface area contributed by atoms with Crippen LogP contribution in [-0.2, 0) is 0 Å². The molecule has 0 saturated heterocycles. The number of para-hydroxylation sites is 1. The van der Waals surface area contributed by atoms with E-state index in [1.54, 1.807) is 14.0 Å². The standard InChI is InChI=1S/C9H12O.C7H8O/c1-7-3-5-9(6-4-7)8(2)10;1-8-7-5-3-2-4-6-7/h3-6,8,10H,1-2H3;2-6H,1H3. The van der Waals surface area contributed by atoms with Gasteiger partial charge in [0.25, 0.3) is 0 Å². The summed E-state index contributed by atoms with van der Waals surface area (Å²) in [6.45, 7) is 3.80. The molecule has 0 spiro atoms. The fourth-order valence-corrected chi connectivity index (χ4v) is 1.40. The van der Waals surface area contributed by atoms with Gasteiger partial charge in [-0.1, -0.05) is 48.0 Å². The zero-order valence-electron chi connectivity index (χ0n) is 11.1.